The molecule has 0 fully saturated rings. The van der Waals surface area contributed by atoms with Gasteiger partial charge in [0, 0.05) is 11.1 Å². The van der Waals surface area contributed by atoms with Crippen LogP contribution in [-0.2, 0) is 10.8 Å². The molecular weight excluding hydrogens is 300 g/mol. The highest BCUT2D eigenvalue weighted by molar-refractivity contribution is 6.03. The van der Waals surface area contributed by atoms with Gasteiger partial charge in [0.15, 0.2) is 6.29 Å². The lowest BCUT2D eigenvalue weighted by atomic mass is 9.81. The van der Waals surface area contributed by atoms with Crippen LogP contribution in [0.15, 0.2) is 18.2 Å². The molecule has 0 N–H and O–H groups in total. The highest BCUT2D eigenvalue weighted by atomic mass is 16.5. The Hall–Kier alpha value is -2.03. The van der Waals surface area contributed by atoms with E-state index in [0.29, 0.717) is 11.3 Å². The molecular formula is C21H28O3. The van der Waals surface area contributed by atoms with Crippen LogP contribution in [0.3, 0.4) is 0 Å². The van der Waals surface area contributed by atoms with E-state index in [1.807, 2.05) is 6.07 Å². The van der Waals surface area contributed by atoms with Crippen LogP contribution in [0.25, 0.3) is 10.8 Å². The Bertz CT molecular complexity index is 769. The van der Waals surface area contributed by atoms with Gasteiger partial charge < -0.3 is 9.47 Å². The maximum absolute atomic E-state index is 11.8. The molecule has 0 aliphatic rings. The maximum atomic E-state index is 11.8. The summed E-state index contributed by atoms with van der Waals surface area (Å²) in [5.74, 6) is 1.44. The third-order valence-electron chi connectivity index (χ3n) is 4.39. The second-order valence-electron chi connectivity index (χ2n) is 8.26. The van der Waals surface area contributed by atoms with Crippen LogP contribution in [0.5, 0.6) is 11.5 Å². The van der Waals surface area contributed by atoms with E-state index < -0.39 is 0 Å². The standard InChI is InChI=1S/C21H28O3/c1-20(2,3)16-9-13-10-17(21(4,5)6)19(24-8)15(12-22)14(13)11-18(16)23-7/h9-12H,1-8H3. The van der Waals surface area contributed by atoms with E-state index in [1.54, 1.807) is 14.2 Å². The maximum Gasteiger partial charge on any atom is 0.154 e. The van der Waals surface area contributed by atoms with Gasteiger partial charge in [0.1, 0.15) is 11.5 Å². The van der Waals surface area contributed by atoms with Gasteiger partial charge in [-0.05, 0) is 39.8 Å². The van der Waals surface area contributed by atoms with Crippen molar-refractivity contribution in [3.8, 4) is 11.5 Å². The third kappa shape index (κ3) is 3.12. The molecule has 0 saturated carbocycles. The van der Waals surface area contributed by atoms with Gasteiger partial charge in [0.2, 0.25) is 0 Å². The van der Waals surface area contributed by atoms with Crippen LogP contribution < -0.4 is 9.47 Å². The molecule has 0 aliphatic carbocycles. The number of fused-ring (bicyclic) bond motifs is 1. The number of aldehydes is 1. The Labute approximate surface area is 145 Å². The van der Waals surface area contributed by atoms with Crippen molar-refractivity contribution in [2.45, 2.75) is 52.4 Å². The van der Waals surface area contributed by atoms with Gasteiger partial charge in [0.05, 0.1) is 19.8 Å². The largest absolute Gasteiger partial charge is 0.496 e. The first kappa shape index (κ1) is 18.3. The van der Waals surface area contributed by atoms with Crippen LogP contribution >= 0.6 is 0 Å². The van der Waals surface area contributed by atoms with E-state index in [0.717, 1.165) is 33.9 Å². The highest BCUT2D eigenvalue weighted by Gasteiger charge is 2.26. The molecule has 0 unspecified atom stereocenters. The van der Waals surface area contributed by atoms with E-state index in [2.05, 4.69) is 53.7 Å². The molecule has 0 amide bonds. The molecule has 0 heterocycles. The second kappa shape index (κ2) is 6.12. The molecule has 0 aromatic heterocycles. The van der Waals surface area contributed by atoms with E-state index >= 15 is 0 Å². The zero-order valence-electron chi connectivity index (χ0n) is 16.0. The summed E-state index contributed by atoms with van der Waals surface area (Å²) in [5.41, 5.74) is 2.56. The Morgan fingerprint density at radius 2 is 1.38 bits per heavy atom. The van der Waals surface area contributed by atoms with Gasteiger partial charge in [0.25, 0.3) is 0 Å². The first-order chi connectivity index (χ1) is 11.0. The molecule has 3 heteroatoms. The predicted octanol–water partition coefficient (Wildman–Crippen LogP) is 5.26. The van der Waals surface area contributed by atoms with Gasteiger partial charge in [-0.2, -0.15) is 0 Å². The fourth-order valence-corrected chi connectivity index (χ4v) is 3.09. The first-order valence-corrected chi connectivity index (χ1v) is 8.23. The molecule has 24 heavy (non-hydrogen) atoms. The zero-order chi connectivity index (χ0) is 18.3. The number of ether oxygens (including phenoxy) is 2. The van der Waals surface area contributed by atoms with Gasteiger partial charge in [-0.25, -0.2) is 0 Å². The summed E-state index contributed by atoms with van der Waals surface area (Å²) in [6.45, 7) is 12.8. The highest BCUT2D eigenvalue weighted by Crippen LogP contribution is 2.42. The average molecular weight is 328 g/mol. The Morgan fingerprint density at radius 3 is 1.79 bits per heavy atom. The van der Waals surface area contributed by atoms with Crippen LogP contribution in [0.2, 0.25) is 0 Å². The Balaban J connectivity index is 2.98. The fraction of sp³-hybridized carbons (Fsp3) is 0.476. The van der Waals surface area contributed by atoms with Crippen LogP contribution in [0.4, 0.5) is 0 Å². The molecule has 0 bridgehead atoms. The van der Waals surface area contributed by atoms with Crippen molar-refractivity contribution in [1.82, 2.24) is 0 Å². The summed E-state index contributed by atoms with van der Waals surface area (Å²) in [4.78, 5) is 11.8. The molecule has 0 aliphatic heterocycles. The smallest absolute Gasteiger partial charge is 0.154 e. The third-order valence-corrected chi connectivity index (χ3v) is 4.39. The molecule has 0 spiro atoms. The Morgan fingerprint density at radius 1 is 0.833 bits per heavy atom. The number of rotatable bonds is 3. The molecule has 2 aromatic rings. The lowest BCUT2D eigenvalue weighted by Crippen LogP contribution is -2.15. The average Bonchev–Trinajstić information content (AvgIpc) is 2.49. The molecule has 0 radical (unpaired) electrons. The van der Waals surface area contributed by atoms with E-state index in [1.165, 1.54) is 0 Å². The van der Waals surface area contributed by atoms with Crippen molar-refractivity contribution in [3.05, 3.63) is 34.9 Å². The minimum atomic E-state index is -0.126. The summed E-state index contributed by atoms with van der Waals surface area (Å²) < 4.78 is 11.2. The Kier molecular flexibility index (Phi) is 4.67. The van der Waals surface area contributed by atoms with E-state index in [4.69, 9.17) is 9.47 Å². The second-order valence-corrected chi connectivity index (χ2v) is 8.26. The molecule has 0 saturated heterocycles. The predicted molar refractivity (Wildman–Crippen MR) is 99.8 cm³/mol. The fourth-order valence-electron chi connectivity index (χ4n) is 3.09. The molecule has 0 atom stereocenters. The van der Waals surface area contributed by atoms with Crippen LogP contribution in [0, 0.1) is 0 Å². The number of hydrogen-bond donors (Lipinski definition) is 0. The lowest BCUT2D eigenvalue weighted by Gasteiger charge is -2.26. The SMILES string of the molecule is COc1cc2c(C=O)c(OC)c(C(C)(C)C)cc2cc1C(C)(C)C. The van der Waals surface area contributed by atoms with Crippen molar-refractivity contribution in [3.63, 3.8) is 0 Å². The first-order valence-electron chi connectivity index (χ1n) is 8.23. The summed E-state index contributed by atoms with van der Waals surface area (Å²) in [7, 11) is 3.28. The van der Waals surface area contributed by atoms with Gasteiger partial charge in [-0.3, -0.25) is 4.79 Å². The number of benzene rings is 2. The summed E-state index contributed by atoms with van der Waals surface area (Å²) in [6.07, 6.45) is 0.882. The lowest BCUT2D eigenvalue weighted by molar-refractivity contribution is 0.112. The molecule has 2 rings (SSSR count). The number of hydrogen-bond acceptors (Lipinski definition) is 3. The normalized spacial score (nSPS) is 12.3. The summed E-state index contributed by atoms with van der Waals surface area (Å²) >= 11 is 0. The topological polar surface area (TPSA) is 35.5 Å². The van der Waals surface area contributed by atoms with Crippen molar-refractivity contribution < 1.29 is 14.3 Å². The van der Waals surface area contributed by atoms with E-state index in [9.17, 15) is 4.79 Å². The minimum Gasteiger partial charge on any atom is -0.496 e. The number of carbonyl (C=O) groups excluding carboxylic acids is 1. The van der Waals surface area contributed by atoms with Crippen molar-refractivity contribution >= 4 is 17.1 Å². The molecule has 130 valence electrons. The van der Waals surface area contributed by atoms with Gasteiger partial charge in [-0.15, -0.1) is 0 Å². The number of carbonyl (C=O) groups is 1. The minimum absolute atomic E-state index is 0.0529. The number of methoxy groups -OCH3 is 2. The monoisotopic (exact) mass is 328 g/mol. The summed E-state index contributed by atoms with van der Waals surface area (Å²) in [6, 6.07) is 6.22. The molecule has 3 nitrogen and oxygen atoms in total. The summed E-state index contributed by atoms with van der Waals surface area (Å²) in [5, 5.41) is 1.90. The van der Waals surface area contributed by atoms with Crippen molar-refractivity contribution in [2.75, 3.05) is 14.2 Å². The van der Waals surface area contributed by atoms with Crippen molar-refractivity contribution in [2.24, 2.45) is 0 Å². The van der Waals surface area contributed by atoms with Crippen LogP contribution in [0.1, 0.15) is 63.0 Å². The van der Waals surface area contributed by atoms with Gasteiger partial charge >= 0.3 is 0 Å². The molecule has 2 aromatic carbocycles. The quantitative estimate of drug-likeness (QED) is 0.721. The van der Waals surface area contributed by atoms with Crippen LogP contribution in [-0.4, -0.2) is 20.5 Å². The zero-order valence-corrected chi connectivity index (χ0v) is 16.0. The van der Waals surface area contributed by atoms with Crippen molar-refractivity contribution in [1.29, 1.82) is 0 Å². The van der Waals surface area contributed by atoms with Gasteiger partial charge in [-0.1, -0.05) is 41.5 Å². The van der Waals surface area contributed by atoms with E-state index in [-0.39, 0.29) is 10.8 Å².